The lowest BCUT2D eigenvalue weighted by atomic mass is 9.72. The fourth-order valence-electron chi connectivity index (χ4n) is 3.30. The molecule has 0 saturated carbocycles. The van der Waals surface area contributed by atoms with Crippen molar-refractivity contribution in [1.29, 1.82) is 0 Å². The number of methoxy groups -OCH3 is 1. The van der Waals surface area contributed by atoms with Crippen LogP contribution in [0.5, 0.6) is 5.75 Å². The Labute approximate surface area is 141 Å². The summed E-state index contributed by atoms with van der Waals surface area (Å²) in [6, 6.07) is 1.64. The molecule has 24 heavy (non-hydrogen) atoms. The van der Waals surface area contributed by atoms with Crippen LogP contribution >= 0.6 is 0 Å². The summed E-state index contributed by atoms with van der Waals surface area (Å²) in [5.41, 5.74) is -0.123. The predicted molar refractivity (Wildman–Crippen MR) is 87.0 cm³/mol. The number of ether oxygens (including phenoxy) is 1. The highest BCUT2D eigenvalue weighted by atomic mass is 16.5. The average Bonchev–Trinajstić information content (AvgIpc) is 2.56. The molecule has 1 saturated heterocycles. The second-order valence-electron chi connectivity index (χ2n) is 6.25. The predicted octanol–water partition coefficient (Wildman–Crippen LogP) is 1.48. The van der Waals surface area contributed by atoms with Gasteiger partial charge in [0.2, 0.25) is 0 Å². The minimum Gasteiger partial charge on any atom is -0.494 e. The lowest BCUT2D eigenvalue weighted by Gasteiger charge is -2.42. The smallest absolute Gasteiger partial charge is 0.312 e. The van der Waals surface area contributed by atoms with E-state index in [1.807, 2.05) is 6.92 Å². The molecule has 0 unspecified atom stereocenters. The van der Waals surface area contributed by atoms with Crippen LogP contribution in [0.3, 0.4) is 0 Å². The topological polar surface area (TPSA) is 100.0 Å². The molecule has 2 N–H and O–H groups in total. The summed E-state index contributed by atoms with van der Waals surface area (Å²) in [5, 5.41) is 20.0. The van der Waals surface area contributed by atoms with Crippen LogP contribution in [0.4, 0.5) is 0 Å². The molecular weight excluding hydrogens is 312 g/mol. The molecule has 0 radical (unpaired) electrons. The van der Waals surface area contributed by atoms with Crippen molar-refractivity contribution in [2.24, 2.45) is 5.41 Å². The lowest BCUT2D eigenvalue weighted by Crippen LogP contribution is -2.56. The van der Waals surface area contributed by atoms with Crippen LogP contribution in [0.25, 0.3) is 0 Å². The van der Waals surface area contributed by atoms with E-state index in [1.54, 1.807) is 13.0 Å². The quantitative estimate of drug-likeness (QED) is 0.845. The molecule has 0 aromatic carbocycles. The lowest BCUT2D eigenvalue weighted by molar-refractivity contribution is -0.162. The molecule has 0 bridgehead atoms. The van der Waals surface area contributed by atoms with Gasteiger partial charge in [-0.05, 0) is 25.8 Å². The van der Waals surface area contributed by atoms with E-state index >= 15 is 0 Å². The number of aromatic nitrogens is 1. The van der Waals surface area contributed by atoms with Crippen molar-refractivity contribution < 1.29 is 24.5 Å². The SMILES string of the molecule is CCC[C@]1(C(=O)O)CCN(C(=O)c2cc(C)ncc2OC)C[C@H]1O. The van der Waals surface area contributed by atoms with Crippen molar-refractivity contribution in [3.63, 3.8) is 0 Å². The van der Waals surface area contributed by atoms with E-state index in [1.165, 1.54) is 18.2 Å². The van der Waals surface area contributed by atoms with Crippen LogP contribution in [-0.4, -0.2) is 58.3 Å². The van der Waals surface area contributed by atoms with Gasteiger partial charge in [0.25, 0.3) is 5.91 Å². The van der Waals surface area contributed by atoms with Crippen molar-refractivity contribution in [2.45, 2.75) is 39.2 Å². The van der Waals surface area contributed by atoms with Crippen LogP contribution in [0.15, 0.2) is 12.3 Å². The van der Waals surface area contributed by atoms with Gasteiger partial charge in [-0.1, -0.05) is 13.3 Å². The largest absolute Gasteiger partial charge is 0.494 e. The number of aliphatic carboxylic acids is 1. The number of aryl methyl sites for hydroxylation is 1. The molecule has 0 spiro atoms. The van der Waals surface area contributed by atoms with Crippen molar-refractivity contribution in [3.8, 4) is 5.75 Å². The summed E-state index contributed by atoms with van der Waals surface area (Å²) >= 11 is 0. The Balaban J connectivity index is 2.23. The minimum atomic E-state index is -1.18. The molecule has 7 nitrogen and oxygen atoms in total. The first kappa shape index (κ1) is 18.2. The van der Waals surface area contributed by atoms with E-state index in [0.29, 0.717) is 29.8 Å². The summed E-state index contributed by atoms with van der Waals surface area (Å²) in [7, 11) is 1.46. The average molecular weight is 336 g/mol. The fourth-order valence-corrected chi connectivity index (χ4v) is 3.30. The van der Waals surface area contributed by atoms with Gasteiger partial charge in [-0.25, -0.2) is 0 Å². The first-order valence-electron chi connectivity index (χ1n) is 8.07. The molecular formula is C17H24N2O5. The highest BCUT2D eigenvalue weighted by molar-refractivity contribution is 5.97. The molecule has 2 atom stereocenters. The number of rotatable bonds is 5. The molecule has 1 fully saturated rings. The molecule has 1 aromatic heterocycles. The summed E-state index contributed by atoms with van der Waals surface area (Å²) in [6.45, 7) is 3.94. The second kappa shape index (κ2) is 7.17. The molecule has 2 rings (SSSR count). The highest BCUT2D eigenvalue weighted by Gasteiger charge is 2.48. The Hall–Kier alpha value is -2.15. The number of hydrogen-bond donors (Lipinski definition) is 2. The molecule has 0 aliphatic carbocycles. The first-order valence-corrected chi connectivity index (χ1v) is 8.07. The molecule has 1 amide bonds. The number of aliphatic hydroxyl groups excluding tert-OH is 1. The van der Waals surface area contributed by atoms with E-state index in [2.05, 4.69) is 4.98 Å². The Bertz CT molecular complexity index is 633. The van der Waals surface area contributed by atoms with E-state index in [-0.39, 0.29) is 25.4 Å². The maximum Gasteiger partial charge on any atom is 0.312 e. The number of likely N-dealkylation sites (tertiary alicyclic amines) is 1. The number of carboxylic acid groups (broad SMARTS) is 1. The van der Waals surface area contributed by atoms with Gasteiger partial charge in [-0.2, -0.15) is 0 Å². The van der Waals surface area contributed by atoms with Crippen LogP contribution < -0.4 is 4.74 Å². The number of nitrogens with zero attached hydrogens (tertiary/aromatic N) is 2. The number of aliphatic hydroxyl groups is 1. The van der Waals surface area contributed by atoms with Crippen molar-refractivity contribution in [3.05, 3.63) is 23.5 Å². The number of carboxylic acids is 1. The van der Waals surface area contributed by atoms with Crippen LogP contribution in [0, 0.1) is 12.3 Å². The maximum atomic E-state index is 12.8. The molecule has 1 aliphatic rings. The monoisotopic (exact) mass is 336 g/mol. The number of carbonyl (C=O) groups is 2. The zero-order valence-electron chi connectivity index (χ0n) is 14.3. The third-order valence-electron chi connectivity index (χ3n) is 4.72. The van der Waals surface area contributed by atoms with E-state index in [4.69, 9.17) is 4.74 Å². The second-order valence-corrected chi connectivity index (χ2v) is 6.25. The van der Waals surface area contributed by atoms with Crippen LogP contribution in [0.1, 0.15) is 42.2 Å². The van der Waals surface area contributed by atoms with Gasteiger partial charge in [0.15, 0.2) is 0 Å². The molecule has 132 valence electrons. The summed E-state index contributed by atoms with van der Waals surface area (Å²) in [6.07, 6.45) is 1.68. The third-order valence-corrected chi connectivity index (χ3v) is 4.72. The van der Waals surface area contributed by atoms with E-state index < -0.39 is 17.5 Å². The van der Waals surface area contributed by atoms with Crippen LogP contribution in [0.2, 0.25) is 0 Å². The number of hydrogen-bond acceptors (Lipinski definition) is 5. The number of carbonyl (C=O) groups excluding carboxylic acids is 1. The molecule has 2 heterocycles. The van der Waals surface area contributed by atoms with Gasteiger partial charge >= 0.3 is 5.97 Å². The van der Waals surface area contributed by atoms with Crippen molar-refractivity contribution in [2.75, 3.05) is 20.2 Å². The van der Waals surface area contributed by atoms with Gasteiger partial charge in [-0.3, -0.25) is 14.6 Å². The molecule has 7 heteroatoms. The van der Waals surface area contributed by atoms with Gasteiger partial charge in [0.05, 0.1) is 30.4 Å². The third kappa shape index (κ3) is 3.21. The number of β-amino-alcohol motifs (C(OH)–C–C–N with tert-alkyl or cyclic N) is 1. The van der Waals surface area contributed by atoms with Crippen molar-refractivity contribution in [1.82, 2.24) is 9.88 Å². The van der Waals surface area contributed by atoms with Gasteiger partial charge in [0, 0.05) is 18.8 Å². The fraction of sp³-hybridized carbons (Fsp3) is 0.588. The zero-order chi connectivity index (χ0) is 17.9. The standard InChI is InChI=1S/C17H24N2O5/c1-4-5-17(16(22)23)6-7-19(10-14(17)20)15(21)12-8-11(2)18-9-13(12)24-3/h8-9,14,20H,4-7,10H2,1-3H3,(H,22,23)/t14-,17+/m1/s1. The maximum absolute atomic E-state index is 12.8. The van der Waals surface area contributed by atoms with Gasteiger partial charge < -0.3 is 19.8 Å². The Morgan fingerprint density at radius 2 is 2.21 bits per heavy atom. The first-order chi connectivity index (χ1) is 11.4. The van der Waals surface area contributed by atoms with Crippen molar-refractivity contribution >= 4 is 11.9 Å². The minimum absolute atomic E-state index is 0.00431. The Morgan fingerprint density at radius 3 is 2.75 bits per heavy atom. The summed E-state index contributed by atoms with van der Waals surface area (Å²) in [5.74, 6) is -0.920. The zero-order valence-corrected chi connectivity index (χ0v) is 14.3. The van der Waals surface area contributed by atoms with E-state index in [9.17, 15) is 19.8 Å². The van der Waals surface area contributed by atoms with Gasteiger partial charge in [-0.15, -0.1) is 0 Å². The molecule has 1 aromatic rings. The van der Waals surface area contributed by atoms with Crippen LogP contribution in [-0.2, 0) is 4.79 Å². The summed E-state index contributed by atoms with van der Waals surface area (Å²) < 4.78 is 5.19. The van der Waals surface area contributed by atoms with E-state index in [0.717, 1.165) is 0 Å². The normalized spacial score (nSPS) is 23.8. The number of pyridine rings is 1. The molecule has 1 aliphatic heterocycles. The number of amides is 1. The summed E-state index contributed by atoms with van der Waals surface area (Å²) in [4.78, 5) is 30.0. The Morgan fingerprint density at radius 1 is 1.50 bits per heavy atom. The number of piperidine rings is 1. The highest BCUT2D eigenvalue weighted by Crippen LogP contribution is 2.37. The van der Waals surface area contributed by atoms with Gasteiger partial charge in [0.1, 0.15) is 5.75 Å². The Kier molecular flexibility index (Phi) is 5.43.